The van der Waals surface area contributed by atoms with Crippen molar-refractivity contribution in [1.82, 2.24) is 0 Å². The first-order chi connectivity index (χ1) is 15.5. The predicted octanol–water partition coefficient (Wildman–Crippen LogP) is 6.44. The largest absolute Gasteiger partial charge is 0.482 e. The number of anilines is 1. The second-order valence-corrected chi connectivity index (χ2v) is 8.67. The third-order valence-corrected chi connectivity index (χ3v) is 6.35. The number of benzene rings is 2. The lowest BCUT2D eigenvalue weighted by molar-refractivity contribution is -0.125. The molecule has 2 aromatic carbocycles. The van der Waals surface area contributed by atoms with Gasteiger partial charge >= 0.3 is 0 Å². The minimum atomic E-state index is -0.504. The molecule has 1 saturated carbocycles. The monoisotopic (exact) mass is 471 g/mol. The summed E-state index contributed by atoms with van der Waals surface area (Å²) in [5.41, 5.74) is 1.34. The van der Waals surface area contributed by atoms with E-state index in [1.54, 1.807) is 18.2 Å². The van der Waals surface area contributed by atoms with E-state index in [4.69, 9.17) is 32.4 Å². The van der Waals surface area contributed by atoms with E-state index in [1.165, 1.54) is 12.3 Å². The maximum atomic E-state index is 12.7. The van der Waals surface area contributed by atoms with Crippen LogP contribution in [0.3, 0.4) is 0 Å². The van der Waals surface area contributed by atoms with Crippen LogP contribution in [0, 0.1) is 5.92 Å². The van der Waals surface area contributed by atoms with Crippen LogP contribution < -0.4 is 15.5 Å². The molecule has 2 atom stereocenters. The summed E-state index contributed by atoms with van der Waals surface area (Å²) in [5.74, 6) is 0.354. The first kappa shape index (κ1) is 22.4. The zero-order chi connectivity index (χ0) is 22.5. The van der Waals surface area contributed by atoms with Crippen LogP contribution in [-0.2, 0) is 11.4 Å². The third kappa shape index (κ3) is 5.34. The molecule has 7 heteroatoms. The fourth-order valence-electron chi connectivity index (χ4n) is 3.92. The van der Waals surface area contributed by atoms with Crippen molar-refractivity contribution in [3.63, 3.8) is 0 Å². The van der Waals surface area contributed by atoms with E-state index >= 15 is 0 Å². The molecule has 0 amide bonds. The number of hydrogen-bond donors (Lipinski definition) is 1. The number of ether oxygens (including phenoxy) is 1. The minimum Gasteiger partial charge on any atom is -0.482 e. The van der Waals surface area contributed by atoms with Crippen molar-refractivity contribution in [1.29, 1.82) is 0 Å². The van der Waals surface area contributed by atoms with Crippen LogP contribution in [0.2, 0.25) is 10.0 Å². The molecule has 0 bridgehead atoms. The summed E-state index contributed by atoms with van der Waals surface area (Å²) in [5, 5.41) is 4.17. The molecule has 0 saturated heterocycles. The molecule has 1 aromatic heterocycles. The minimum absolute atomic E-state index is 0.126. The number of halogens is 2. The molecule has 3 aromatic rings. The van der Waals surface area contributed by atoms with Crippen molar-refractivity contribution in [2.75, 3.05) is 5.32 Å². The molecule has 166 valence electrons. The van der Waals surface area contributed by atoms with Crippen LogP contribution in [0.15, 0.2) is 70.1 Å². The lowest BCUT2D eigenvalue weighted by atomic mass is 9.81. The smallest absolute Gasteiger partial charge is 0.227 e. The normalized spacial score (nSPS) is 17.1. The van der Waals surface area contributed by atoms with Gasteiger partial charge in [-0.25, -0.2) is 0 Å². The third-order valence-electron chi connectivity index (χ3n) is 5.61. The van der Waals surface area contributed by atoms with Crippen molar-refractivity contribution >= 4 is 34.7 Å². The van der Waals surface area contributed by atoms with Gasteiger partial charge in [-0.15, -0.1) is 0 Å². The fourth-order valence-corrected chi connectivity index (χ4v) is 4.21. The van der Waals surface area contributed by atoms with E-state index in [9.17, 15) is 9.59 Å². The van der Waals surface area contributed by atoms with E-state index in [2.05, 4.69) is 5.32 Å². The van der Waals surface area contributed by atoms with Gasteiger partial charge in [-0.3, -0.25) is 9.59 Å². The molecule has 0 radical (unpaired) electrons. The first-order valence-electron chi connectivity index (χ1n) is 10.5. The highest BCUT2D eigenvalue weighted by atomic mass is 35.5. The number of carbonyl (C=O) groups is 1. The molecule has 32 heavy (non-hydrogen) atoms. The van der Waals surface area contributed by atoms with Gasteiger partial charge in [0.1, 0.15) is 24.4 Å². The second kappa shape index (κ2) is 10.2. The Morgan fingerprint density at radius 2 is 1.84 bits per heavy atom. The van der Waals surface area contributed by atoms with Gasteiger partial charge in [-0.1, -0.05) is 60.0 Å². The molecule has 0 aliphatic heterocycles. The van der Waals surface area contributed by atoms with Gasteiger partial charge in [-0.2, -0.15) is 0 Å². The zero-order valence-electron chi connectivity index (χ0n) is 17.4. The standard InChI is InChI=1S/C25H23Cl2NO4/c26-19-11-10-17(12-20(19)27)28-25(18-8-4-5-9-21(18)29)23-13-22(30)24(15-32-23)31-14-16-6-2-1-3-7-16/h1-3,6-7,10-13,15,18,25,28H,4-5,8-9,14H2/t18-,25+/m0/s1. The van der Waals surface area contributed by atoms with Crippen molar-refractivity contribution in [3.05, 3.63) is 92.5 Å². The summed E-state index contributed by atoms with van der Waals surface area (Å²) >= 11 is 12.2. The number of Topliss-reactive ketones (excluding diaryl/α,β-unsaturated/α-hetero) is 1. The summed E-state index contributed by atoms with van der Waals surface area (Å²) in [6, 6.07) is 15.6. The number of hydrogen-bond acceptors (Lipinski definition) is 5. The van der Waals surface area contributed by atoms with Crippen molar-refractivity contribution in [2.45, 2.75) is 38.3 Å². The molecule has 4 rings (SSSR count). The van der Waals surface area contributed by atoms with Crippen LogP contribution in [-0.4, -0.2) is 5.78 Å². The SMILES string of the molecule is O=C1CCCC[C@@H]1[C@@H](Nc1ccc(Cl)c(Cl)c1)c1cc(=O)c(OCc2ccccc2)co1. The molecular weight excluding hydrogens is 449 g/mol. The van der Waals surface area contributed by atoms with E-state index in [0.717, 1.165) is 18.4 Å². The van der Waals surface area contributed by atoms with Crippen LogP contribution in [0.25, 0.3) is 0 Å². The van der Waals surface area contributed by atoms with Crippen molar-refractivity contribution in [2.24, 2.45) is 5.92 Å². The van der Waals surface area contributed by atoms with Crippen molar-refractivity contribution < 1.29 is 13.9 Å². The van der Waals surface area contributed by atoms with Gasteiger partial charge in [0.15, 0.2) is 0 Å². The van der Waals surface area contributed by atoms with Gasteiger partial charge in [-0.05, 0) is 36.6 Å². The maximum absolute atomic E-state index is 12.7. The second-order valence-electron chi connectivity index (χ2n) is 7.85. The van der Waals surface area contributed by atoms with E-state index in [-0.39, 0.29) is 29.5 Å². The zero-order valence-corrected chi connectivity index (χ0v) is 18.9. The van der Waals surface area contributed by atoms with Crippen LogP contribution in [0.1, 0.15) is 43.0 Å². The Bertz CT molecular complexity index is 1150. The lowest BCUT2D eigenvalue weighted by Crippen LogP contribution is -2.30. The summed E-state index contributed by atoms with van der Waals surface area (Å²) in [6.45, 7) is 0.261. The molecular formula is C25H23Cl2NO4. The Hall–Kier alpha value is -2.76. The van der Waals surface area contributed by atoms with E-state index in [1.807, 2.05) is 30.3 Å². The molecule has 0 spiro atoms. The summed E-state index contributed by atoms with van der Waals surface area (Å²) in [6.07, 6.45) is 4.38. The number of rotatable bonds is 7. The Kier molecular flexibility index (Phi) is 7.18. The average Bonchev–Trinajstić information content (AvgIpc) is 2.80. The molecule has 1 aliphatic rings. The Morgan fingerprint density at radius 1 is 1.03 bits per heavy atom. The van der Waals surface area contributed by atoms with Gasteiger partial charge < -0.3 is 14.5 Å². The van der Waals surface area contributed by atoms with Crippen molar-refractivity contribution in [3.8, 4) is 5.75 Å². The Morgan fingerprint density at radius 3 is 2.56 bits per heavy atom. The summed E-state index contributed by atoms with van der Waals surface area (Å²) in [7, 11) is 0. The average molecular weight is 472 g/mol. The molecule has 1 heterocycles. The molecule has 1 fully saturated rings. The highest BCUT2D eigenvalue weighted by Crippen LogP contribution is 2.36. The van der Waals surface area contributed by atoms with Gasteiger partial charge in [0.05, 0.1) is 16.1 Å². The quantitative estimate of drug-likeness (QED) is 0.429. The lowest BCUT2D eigenvalue weighted by Gasteiger charge is -2.30. The molecule has 5 nitrogen and oxygen atoms in total. The number of nitrogens with one attached hydrogen (secondary N) is 1. The van der Waals surface area contributed by atoms with Crippen LogP contribution in [0.4, 0.5) is 5.69 Å². The predicted molar refractivity (Wildman–Crippen MR) is 126 cm³/mol. The fraction of sp³-hybridized carbons (Fsp3) is 0.280. The molecule has 1 aliphatic carbocycles. The summed E-state index contributed by atoms with van der Waals surface area (Å²) < 4.78 is 11.5. The van der Waals surface area contributed by atoms with E-state index in [0.29, 0.717) is 34.3 Å². The van der Waals surface area contributed by atoms with Crippen LogP contribution >= 0.6 is 23.2 Å². The van der Waals surface area contributed by atoms with Gasteiger partial charge in [0, 0.05) is 24.1 Å². The van der Waals surface area contributed by atoms with Gasteiger partial charge in [0.2, 0.25) is 11.2 Å². The highest BCUT2D eigenvalue weighted by Gasteiger charge is 2.33. The van der Waals surface area contributed by atoms with Gasteiger partial charge in [0.25, 0.3) is 0 Å². The van der Waals surface area contributed by atoms with Crippen LogP contribution in [0.5, 0.6) is 5.75 Å². The number of carbonyl (C=O) groups excluding carboxylic acids is 1. The first-order valence-corrected chi connectivity index (χ1v) is 11.3. The molecule has 1 N–H and O–H groups in total. The highest BCUT2D eigenvalue weighted by molar-refractivity contribution is 6.42. The maximum Gasteiger partial charge on any atom is 0.227 e. The topological polar surface area (TPSA) is 68.5 Å². The molecule has 0 unspecified atom stereocenters. The summed E-state index contributed by atoms with van der Waals surface area (Å²) in [4.78, 5) is 25.4. The number of ketones is 1. The Balaban J connectivity index is 1.59. The Labute approximate surface area is 196 Å². The van der Waals surface area contributed by atoms with E-state index < -0.39 is 6.04 Å².